The number of amides is 2. The second kappa shape index (κ2) is 8.53. The fraction of sp³-hybridized carbons (Fsp3) is 0.533. The van der Waals surface area contributed by atoms with Gasteiger partial charge in [-0.2, -0.15) is 0 Å². The van der Waals surface area contributed by atoms with Crippen LogP contribution in [-0.4, -0.2) is 48.6 Å². The molecule has 0 bridgehead atoms. The highest BCUT2D eigenvalue weighted by molar-refractivity contribution is 5.89. The van der Waals surface area contributed by atoms with Crippen molar-refractivity contribution in [1.29, 1.82) is 0 Å². The molecule has 0 aliphatic heterocycles. The summed E-state index contributed by atoms with van der Waals surface area (Å²) in [6, 6.07) is 5.94. The molecule has 0 aliphatic rings. The Bertz CT molecular complexity index is 421. The summed E-state index contributed by atoms with van der Waals surface area (Å²) in [5.74, 6) is -0.416. The number of carbonyl (C=O) groups excluding carboxylic acids is 1. The number of urea groups is 1. The van der Waals surface area contributed by atoms with Crippen molar-refractivity contribution in [3.8, 4) is 0 Å². The molecule has 0 radical (unpaired) electrons. The van der Waals surface area contributed by atoms with Crippen LogP contribution in [0.1, 0.15) is 20.8 Å². The lowest BCUT2D eigenvalue weighted by Crippen LogP contribution is -2.40. The lowest BCUT2D eigenvalue weighted by atomic mass is 10.3. The molecule has 0 unspecified atom stereocenters. The fourth-order valence-electron chi connectivity index (χ4n) is 1.96. The third-order valence-electron chi connectivity index (χ3n) is 3.36. The molecule has 1 aromatic carbocycles. The molecule has 1 rings (SSSR count). The molecule has 112 valence electrons. The van der Waals surface area contributed by atoms with Gasteiger partial charge in [0.05, 0.1) is 5.69 Å². The Morgan fingerprint density at radius 2 is 1.75 bits per heavy atom. The van der Waals surface area contributed by atoms with Crippen LogP contribution in [0.25, 0.3) is 0 Å². The Morgan fingerprint density at radius 3 is 2.30 bits per heavy atom. The molecule has 0 saturated carbocycles. The zero-order chi connectivity index (χ0) is 15.0. The van der Waals surface area contributed by atoms with E-state index in [4.69, 9.17) is 0 Å². The number of likely N-dealkylation sites (N-methyl/N-ethyl adjacent to an activating group) is 2. The van der Waals surface area contributed by atoms with Crippen LogP contribution in [0, 0.1) is 5.82 Å². The van der Waals surface area contributed by atoms with Gasteiger partial charge in [0.2, 0.25) is 0 Å². The van der Waals surface area contributed by atoms with Crippen LogP contribution in [0.3, 0.4) is 0 Å². The van der Waals surface area contributed by atoms with E-state index in [1.807, 2.05) is 6.92 Å². The third kappa shape index (κ3) is 4.81. The molecule has 0 spiro atoms. The van der Waals surface area contributed by atoms with Gasteiger partial charge >= 0.3 is 6.03 Å². The van der Waals surface area contributed by atoms with Crippen LogP contribution < -0.4 is 5.32 Å². The van der Waals surface area contributed by atoms with E-state index in [0.717, 1.165) is 19.6 Å². The van der Waals surface area contributed by atoms with Crippen molar-refractivity contribution in [2.24, 2.45) is 0 Å². The summed E-state index contributed by atoms with van der Waals surface area (Å²) in [6.45, 7) is 10.1. The van der Waals surface area contributed by atoms with Crippen LogP contribution in [-0.2, 0) is 0 Å². The summed E-state index contributed by atoms with van der Waals surface area (Å²) < 4.78 is 13.5. The minimum Gasteiger partial charge on any atom is -0.324 e. The number of hydrogen-bond acceptors (Lipinski definition) is 2. The van der Waals surface area contributed by atoms with E-state index in [1.165, 1.54) is 6.07 Å². The molecule has 0 aliphatic carbocycles. The quantitative estimate of drug-likeness (QED) is 0.834. The summed E-state index contributed by atoms with van der Waals surface area (Å²) in [7, 11) is 0. The first kappa shape index (κ1) is 16.4. The molecule has 2 amide bonds. The Balaban J connectivity index is 2.57. The van der Waals surface area contributed by atoms with Gasteiger partial charge in [-0.1, -0.05) is 26.0 Å². The van der Waals surface area contributed by atoms with E-state index in [-0.39, 0.29) is 11.7 Å². The van der Waals surface area contributed by atoms with Crippen molar-refractivity contribution in [3.63, 3.8) is 0 Å². The van der Waals surface area contributed by atoms with Gasteiger partial charge in [-0.3, -0.25) is 0 Å². The van der Waals surface area contributed by atoms with Gasteiger partial charge in [0.15, 0.2) is 0 Å². The third-order valence-corrected chi connectivity index (χ3v) is 3.36. The maximum Gasteiger partial charge on any atom is 0.321 e. The van der Waals surface area contributed by atoms with Gasteiger partial charge in [-0.05, 0) is 32.1 Å². The number of nitrogens with one attached hydrogen (secondary N) is 1. The molecule has 20 heavy (non-hydrogen) atoms. The Hall–Kier alpha value is -1.62. The molecule has 0 fully saturated rings. The first-order chi connectivity index (χ1) is 9.62. The number of anilines is 1. The average Bonchev–Trinajstić information content (AvgIpc) is 2.46. The second-order valence-electron chi connectivity index (χ2n) is 4.52. The predicted octanol–water partition coefficient (Wildman–Crippen LogP) is 3.02. The van der Waals surface area contributed by atoms with Gasteiger partial charge in [0.25, 0.3) is 0 Å². The summed E-state index contributed by atoms with van der Waals surface area (Å²) in [6.07, 6.45) is 0. The van der Waals surface area contributed by atoms with Gasteiger partial charge in [0, 0.05) is 19.6 Å². The Morgan fingerprint density at radius 1 is 1.10 bits per heavy atom. The molecular formula is C15H24FN3O. The van der Waals surface area contributed by atoms with Gasteiger partial charge in [-0.25, -0.2) is 9.18 Å². The smallest absolute Gasteiger partial charge is 0.321 e. The largest absolute Gasteiger partial charge is 0.324 e. The first-order valence-electron chi connectivity index (χ1n) is 7.15. The minimum atomic E-state index is -0.416. The maximum atomic E-state index is 13.5. The highest BCUT2D eigenvalue weighted by atomic mass is 19.1. The molecule has 1 aromatic rings. The fourth-order valence-corrected chi connectivity index (χ4v) is 1.96. The summed E-state index contributed by atoms with van der Waals surface area (Å²) >= 11 is 0. The molecule has 0 atom stereocenters. The van der Waals surface area contributed by atoms with Crippen molar-refractivity contribution in [2.45, 2.75) is 20.8 Å². The molecule has 4 nitrogen and oxygen atoms in total. The number of benzene rings is 1. The highest BCUT2D eigenvalue weighted by Crippen LogP contribution is 2.13. The van der Waals surface area contributed by atoms with Crippen molar-refractivity contribution < 1.29 is 9.18 Å². The van der Waals surface area contributed by atoms with E-state index in [9.17, 15) is 9.18 Å². The SMILES string of the molecule is CCN(CC)CCN(CC)C(=O)Nc1ccccc1F. The van der Waals surface area contributed by atoms with E-state index in [0.29, 0.717) is 13.1 Å². The van der Waals surface area contributed by atoms with Crippen LogP contribution in [0.2, 0.25) is 0 Å². The molecular weight excluding hydrogens is 257 g/mol. The number of hydrogen-bond donors (Lipinski definition) is 1. The average molecular weight is 281 g/mol. The Kier molecular flexibility index (Phi) is 7.01. The Labute approximate surface area is 120 Å². The molecule has 5 heteroatoms. The van der Waals surface area contributed by atoms with Crippen LogP contribution in [0.15, 0.2) is 24.3 Å². The number of carbonyl (C=O) groups is 1. The predicted molar refractivity (Wildman–Crippen MR) is 80.5 cm³/mol. The molecule has 1 N–H and O–H groups in total. The molecule has 0 aromatic heterocycles. The first-order valence-corrected chi connectivity index (χ1v) is 7.15. The number of halogens is 1. The standard InChI is InChI=1S/C15H24FN3O/c1-4-18(5-2)11-12-19(6-3)15(20)17-14-10-8-7-9-13(14)16/h7-10H,4-6,11-12H2,1-3H3,(H,17,20). The summed E-state index contributed by atoms with van der Waals surface area (Å²) in [5.41, 5.74) is 0.221. The second-order valence-corrected chi connectivity index (χ2v) is 4.52. The van der Waals surface area contributed by atoms with E-state index >= 15 is 0 Å². The number of para-hydroxylation sites is 1. The highest BCUT2D eigenvalue weighted by Gasteiger charge is 2.14. The summed E-state index contributed by atoms with van der Waals surface area (Å²) in [4.78, 5) is 16.0. The van der Waals surface area contributed by atoms with E-state index in [1.54, 1.807) is 23.1 Å². The van der Waals surface area contributed by atoms with Crippen molar-refractivity contribution in [2.75, 3.05) is 38.0 Å². The van der Waals surface area contributed by atoms with Gasteiger partial charge in [0.1, 0.15) is 5.82 Å². The van der Waals surface area contributed by atoms with Crippen molar-refractivity contribution >= 4 is 11.7 Å². The van der Waals surface area contributed by atoms with Crippen LogP contribution >= 0.6 is 0 Å². The normalized spacial score (nSPS) is 10.7. The topological polar surface area (TPSA) is 35.6 Å². The lowest BCUT2D eigenvalue weighted by molar-refractivity contribution is 0.200. The number of rotatable bonds is 7. The van der Waals surface area contributed by atoms with Crippen molar-refractivity contribution in [1.82, 2.24) is 9.80 Å². The zero-order valence-electron chi connectivity index (χ0n) is 12.5. The van der Waals surface area contributed by atoms with Crippen molar-refractivity contribution in [3.05, 3.63) is 30.1 Å². The zero-order valence-corrected chi connectivity index (χ0v) is 12.5. The van der Waals surface area contributed by atoms with Crippen LogP contribution in [0.5, 0.6) is 0 Å². The van der Waals surface area contributed by atoms with E-state index < -0.39 is 5.82 Å². The molecule has 0 heterocycles. The van der Waals surface area contributed by atoms with Gasteiger partial charge in [-0.15, -0.1) is 0 Å². The van der Waals surface area contributed by atoms with E-state index in [2.05, 4.69) is 24.1 Å². The minimum absolute atomic E-state index is 0.221. The van der Waals surface area contributed by atoms with Gasteiger partial charge < -0.3 is 15.1 Å². The van der Waals surface area contributed by atoms with Crippen LogP contribution in [0.4, 0.5) is 14.9 Å². The molecule has 0 saturated heterocycles. The lowest BCUT2D eigenvalue weighted by Gasteiger charge is -2.25. The maximum absolute atomic E-state index is 13.5. The number of nitrogens with zero attached hydrogens (tertiary/aromatic N) is 2. The summed E-state index contributed by atoms with van der Waals surface area (Å²) in [5, 5.41) is 2.61. The monoisotopic (exact) mass is 281 g/mol.